The van der Waals surface area contributed by atoms with E-state index in [9.17, 15) is 14.0 Å². The number of fused-ring (bicyclic) bond motifs is 1. The first-order valence-electron chi connectivity index (χ1n) is 8.63. The van der Waals surface area contributed by atoms with Gasteiger partial charge in [0.25, 0.3) is 5.56 Å². The molecule has 4 nitrogen and oxygen atoms in total. The van der Waals surface area contributed by atoms with Gasteiger partial charge in [-0.15, -0.1) is 0 Å². The van der Waals surface area contributed by atoms with Crippen LogP contribution in [0.1, 0.15) is 47.7 Å². The van der Waals surface area contributed by atoms with E-state index in [2.05, 4.69) is 5.32 Å². The van der Waals surface area contributed by atoms with Gasteiger partial charge in [-0.1, -0.05) is 36.5 Å². The first-order chi connectivity index (χ1) is 12.4. The number of carbonyl (C=O) groups is 1. The maximum Gasteiger partial charge on any atom is 0.252 e. The molecule has 1 aliphatic heterocycles. The number of nitrogens with one attached hydrogen (secondary N) is 1. The number of benzene rings is 1. The summed E-state index contributed by atoms with van der Waals surface area (Å²) in [6, 6.07) is 3.80. The second-order valence-corrected chi connectivity index (χ2v) is 7.16. The molecule has 0 spiro atoms. The molecule has 1 aromatic carbocycles. The van der Waals surface area contributed by atoms with Crippen molar-refractivity contribution >= 4 is 34.8 Å². The predicted molar refractivity (Wildman–Crippen MR) is 102 cm³/mol. The van der Waals surface area contributed by atoms with E-state index < -0.39 is 11.6 Å². The quantitative estimate of drug-likeness (QED) is 0.589. The average molecular weight is 397 g/mol. The third-order valence-corrected chi connectivity index (χ3v) is 5.13. The Kier molecular flexibility index (Phi) is 5.68. The lowest BCUT2D eigenvalue weighted by molar-refractivity contribution is 0.103. The summed E-state index contributed by atoms with van der Waals surface area (Å²) in [5.41, 5.74) is 0.957. The lowest BCUT2D eigenvalue weighted by Gasteiger charge is -2.24. The van der Waals surface area contributed by atoms with Gasteiger partial charge in [0, 0.05) is 24.7 Å². The van der Waals surface area contributed by atoms with Gasteiger partial charge in [0.15, 0.2) is 5.78 Å². The van der Waals surface area contributed by atoms with E-state index in [-0.39, 0.29) is 21.2 Å². The van der Waals surface area contributed by atoms with Crippen molar-refractivity contribution in [2.24, 2.45) is 0 Å². The molecule has 1 aliphatic rings. The molecule has 138 valence electrons. The standard InChI is InChI=1S/C19H19Cl2FN2O2/c1-2-3-5-11-8-16(25)24-7-4-6-23-19(24)17(11)18(26)12-9-15(22)14(21)10-13(12)20/h8-10,23H,2-7H2,1H3. The molecule has 0 saturated heterocycles. The molecular weight excluding hydrogens is 378 g/mol. The van der Waals surface area contributed by atoms with Crippen LogP contribution in [0, 0.1) is 5.82 Å². The highest BCUT2D eigenvalue weighted by atomic mass is 35.5. The van der Waals surface area contributed by atoms with Crippen molar-refractivity contribution in [3.63, 3.8) is 0 Å². The highest BCUT2D eigenvalue weighted by Gasteiger charge is 2.26. The van der Waals surface area contributed by atoms with Gasteiger partial charge >= 0.3 is 0 Å². The van der Waals surface area contributed by atoms with Gasteiger partial charge in [0.05, 0.1) is 15.6 Å². The third kappa shape index (κ3) is 3.51. The fourth-order valence-corrected chi connectivity index (χ4v) is 3.66. The summed E-state index contributed by atoms with van der Waals surface area (Å²) in [5, 5.41) is 3.11. The van der Waals surface area contributed by atoms with Crippen molar-refractivity contribution in [1.82, 2.24) is 4.57 Å². The molecule has 0 amide bonds. The van der Waals surface area contributed by atoms with Gasteiger partial charge in [-0.3, -0.25) is 14.2 Å². The molecule has 7 heteroatoms. The van der Waals surface area contributed by atoms with Gasteiger partial charge in [-0.2, -0.15) is 0 Å². The Labute approximate surface area is 160 Å². The summed E-state index contributed by atoms with van der Waals surface area (Å²) >= 11 is 11.9. The number of nitrogens with zero attached hydrogens (tertiary/aromatic N) is 1. The van der Waals surface area contributed by atoms with Crippen LogP contribution in [0.5, 0.6) is 0 Å². The topological polar surface area (TPSA) is 51.1 Å². The Morgan fingerprint density at radius 3 is 2.77 bits per heavy atom. The van der Waals surface area contributed by atoms with Crippen LogP contribution in [0.25, 0.3) is 0 Å². The summed E-state index contributed by atoms with van der Waals surface area (Å²) in [6.07, 6.45) is 3.16. The number of ketones is 1. The maximum atomic E-state index is 13.9. The number of pyridine rings is 1. The zero-order chi connectivity index (χ0) is 18.8. The molecule has 2 heterocycles. The normalized spacial score (nSPS) is 13.2. The van der Waals surface area contributed by atoms with Crippen molar-refractivity contribution in [3.05, 3.63) is 61.1 Å². The van der Waals surface area contributed by atoms with Crippen LogP contribution in [-0.2, 0) is 13.0 Å². The fourth-order valence-electron chi connectivity index (χ4n) is 3.20. The molecule has 3 rings (SSSR count). The Morgan fingerprint density at radius 2 is 2.04 bits per heavy atom. The number of anilines is 1. The summed E-state index contributed by atoms with van der Waals surface area (Å²) < 4.78 is 15.5. The molecule has 0 saturated carbocycles. The maximum absolute atomic E-state index is 13.9. The van der Waals surface area contributed by atoms with Crippen LogP contribution in [0.2, 0.25) is 10.0 Å². The highest BCUT2D eigenvalue weighted by molar-refractivity contribution is 6.37. The molecular formula is C19H19Cl2FN2O2. The zero-order valence-corrected chi connectivity index (χ0v) is 15.9. The Balaban J connectivity index is 2.20. The van der Waals surface area contributed by atoms with Gasteiger partial charge in [0.2, 0.25) is 0 Å². The van der Waals surface area contributed by atoms with Gasteiger partial charge < -0.3 is 5.32 Å². The predicted octanol–water partition coefficient (Wildman–Crippen LogP) is 4.68. The smallest absolute Gasteiger partial charge is 0.252 e. The number of aromatic nitrogens is 1. The second kappa shape index (κ2) is 7.80. The first kappa shape index (κ1) is 18.9. The molecule has 1 N–H and O–H groups in total. The van der Waals surface area contributed by atoms with Crippen LogP contribution in [-0.4, -0.2) is 16.9 Å². The van der Waals surface area contributed by atoms with Crippen molar-refractivity contribution in [3.8, 4) is 0 Å². The Morgan fingerprint density at radius 1 is 1.27 bits per heavy atom. The summed E-state index contributed by atoms with van der Waals surface area (Å²) in [7, 11) is 0. The molecule has 0 bridgehead atoms. The molecule has 1 aromatic heterocycles. The molecule has 2 aromatic rings. The summed E-state index contributed by atoms with van der Waals surface area (Å²) in [6.45, 7) is 3.24. The first-order valence-corrected chi connectivity index (χ1v) is 9.39. The van der Waals surface area contributed by atoms with E-state index in [4.69, 9.17) is 23.2 Å². The average Bonchev–Trinajstić information content (AvgIpc) is 2.62. The number of hydrogen-bond donors (Lipinski definition) is 1. The van der Waals surface area contributed by atoms with Crippen LogP contribution in [0.15, 0.2) is 23.0 Å². The molecule has 26 heavy (non-hydrogen) atoms. The van der Waals surface area contributed by atoms with Crippen LogP contribution < -0.4 is 10.9 Å². The number of carbonyl (C=O) groups excluding carboxylic acids is 1. The summed E-state index contributed by atoms with van der Waals surface area (Å²) in [4.78, 5) is 25.7. The van der Waals surface area contributed by atoms with Gasteiger partial charge in [0.1, 0.15) is 11.6 Å². The highest BCUT2D eigenvalue weighted by Crippen LogP contribution is 2.31. The monoisotopic (exact) mass is 396 g/mol. The van der Waals surface area contributed by atoms with E-state index in [0.29, 0.717) is 36.5 Å². The lowest BCUT2D eigenvalue weighted by atomic mass is 9.95. The number of rotatable bonds is 5. The largest absolute Gasteiger partial charge is 0.371 e. The van der Waals surface area contributed by atoms with Gasteiger partial charge in [-0.05, 0) is 37.0 Å². The van der Waals surface area contributed by atoms with E-state index in [1.54, 1.807) is 4.57 Å². The van der Waals surface area contributed by atoms with Crippen LogP contribution >= 0.6 is 23.2 Å². The third-order valence-electron chi connectivity index (χ3n) is 4.52. The molecule has 0 aliphatic carbocycles. The fraction of sp³-hybridized carbons (Fsp3) is 0.368. The Hall–Kier alpha value is -1.85. The molecule has 0 fully saturated rings. The number of halogens is 3. The van der Waals surface area contributed by atoms with Crippen LogP contribution in [0.3, 0.4) is 0 Å². The van der Waals surface area contributed by atoms with Crippen molar-refractivity contribution < 1.29 is 9.18 Å². The van der Waals surface area contributed by atoms with Gasteiger partial charge in [-0.25, -0.2) is 4.39 Å². The molecule has 0 atom stereocenters. The molecule has 0 radical (unpaired) electrons. The van der Waals surface area contributed by atoms with Crippen LogP contribution in [0.4, 0.5) is 10.2 Å². The minimum atomic E-state index is -0.704. The minimum absolute atomic E-state index is 0.0418. The second-order valence-electron chi connectivity index (χ2n) is 6.34. The van der Waals surface area contributed by atoms with E-state index in [1.807, 2.05) is 6.92 Å². The number of hydrogen-bond acceptors (Lipinski definition) is 3. The Bertz CT molecular complexity index is 925. The minimum Gasteiger partial charge on any atom is -0.371 e. The summed E-state index contributed by atoms with van der Waals surface area (Å²) in [5.74, 6) is -0.620. The molecule has 0 unspecified atom stereocenters. The van der Waals surface area contributed by atoms with Crippen molar-refractivity contribution in [2.75, 3.05) is 11.9 Å². The van der Waals surface area contributed by atoms with E-state index in [0.717, 1.165) is 25.3 Å². The lowest BCUT2D eigenvalue weighted by Crippen LogP contribution is -2.32. The SMILES string of the molecule is CCCCc1cc(=O)n2c(c1C(=O)c1cc(F)c(Cl)cc1Cl)NCCC2. The van der Waals surface area contributed by atoms with E-state index >= 15 is 0 Å². The van der Waals surface area contributed by atoms with Crippen molar-refractivity contribution in [2.45, 2.75) is 39.2 Å². The number of unbranched alkanes of at least 4 members (excludes halogenated alkanes) is 1. The van der Waals surface area contributed by atoms with Crippen molar-refractivity contribution in [1.29, 1.82) is 0 Å². The zero-order valence-electron chi connectivity index (χ0n) is 14.4. The van der Waals surface area contributed by atoms with E-state index in [1.165, 1.54) is 12.1 Å². The number of aryl methyl sites for hydroxylation is 1.